The van der Waals surface area contributed by atoms with E-state index in [4.69, 9.17) is 16.3 Å². The minimum absolute atomic E-state index is 0.000619. The number of pyridine rings is 1. The van der Waals surface area contributed by atoms with E-state index < -0.39 is 59.9 Å². The number of rotatable bonds is 15. The average Bonchev–Trinajstić information content (AvgIpc) is 3.04. The minimum atomic E-state index is -4.61. The lowest BCUT2D eigenvalue weighted by atomic mass is 9.93. The van der Waals surface area contributed by atoms with Crippen molar-refractivity contribution >= 4 is 46.7 Å². The molecule has 0 aliphatic heterocycles. The van der Waals surface area contributed by atoms with Crippen LogP contribution in [0.2, 0.25) is 5.02 Å². The number of halogens is 6. The number of hydrogen-bond acceptors (Lipinski definition) is 9. The van der Waals surface area contributed by atoms with Crippen LogP contribution in [0.3, 0.4) is 0 Å². The van der Waals surface area contributed by atoms with Crippen LogP contribution in [0, 0.1) is 17.0 Å². The second-order valence-electron chi connectivity index (χ2n) is 11.8. The van der Waals surface area contributed by atoms with Crippen LogP contribution < -0.4 is 26.0 Å². The number of nitrogens with zero attached hydrogens (tertiary/aromatic N) is 3. The molecule has 0 aliphatic carbocycles. The largest absolute Gasteiger partial charge is 0.454 e. The predicted molar refractivity (Wildman–Crippen MR) is 174 cm³/mol. The van der Waals surface area contributed by atoms with Crippen LogP contribution in [-0.2, 0) is 22.6 Å². The van der Waals surface area contributed by atoms with E-state index >= 15 is 0 Å². The van der Waals surface area contributed by atoms with Gasteiger partial charge in [0.05, 0.1) is 5.56 Å². The van der Waals surface area contributed by atoms with Crippen LogP contribution in [0.5, 0.6) is 6.01 Å². The molecule has 0 spiro atoms. The molecule has 50 heavy (non-hydrogen) atoms. The highest BCUT2D eigenvalue weighted by molar-refractivity contribution is 6.36. The maximum absolute atomic E-state index is 13.4. The molecular formula is C33H31ClF5N7O4. The van der Waals surface area contributed by atoms with Crippen molar-refractivity contribution in [3.63, 3.8) is 0 Å². The smallest absolute Gasteiger partial charge is 0.422 e. The van der Waals surface area contributed by atoms with E-state index in [2.05, 4.69) is 36.2 Å². The molecule has 2 heterocycles. The normalized spacial score (nSPS) is 11.4. The molecule has 4 rings (SSSR count). The molecule has 2 aromatic heterocycles. The highest BCUT2D eigenvalue weighted by Crippen LogP contribution is 2.23. The first-order valence-electron chi connectivity index (χ1n) is 14.9. The molecule has 0 saturated carbocycles. The third-order valence-electron chi connectivity index (χ3n) is 6.73. The van der Waals surface area contributed by atoms with Crippen LogP contribution in [0.1, 0.15) is 35.3 Å². The number of alkyl halides is 3. The zero-order valence-electron chi connectivity index (χ0n) is 26.6. The lowest BCUT2D eigenvalue weighted by Gasteiger charge is -2.25. The number of nitrogens with one attached hydrogen (secondary N) is 4. The molecule has 4 aromatic rings. The first kappa shape index (κ1) is 37.4. The molecule has 0 unspecified atom stereocenters. The Labute approximate surface area is 288 Å². The summed E-state index contributed by atoms with van der Waals surface area (Å²) in [6.45, 7) is 2.23. The van der Waals surface area contributed by atoms with Gasteiger partial charge in [-0.25, -0.2) is 13.8 Å². The quantitative estimate of drug-likeness (QED) is 0.0887. The molecule has 0 atom stereocenters. The van der Waals surface area contributed by atoms with Gasteiger partial charge in [-0.2, -0.15) is 23.1 Å². The lowest BCUT2D eigenvalue weighted by molar-refractivity contribution is -0.154. The predicted octanol–water partition coefficient (Wildman–Crippen LogP) is 5.78. The van der Waals surface area contributed by atoms with E-state index in [0.29, 0.717) is 11.1 Å². The summed E-state index contributed by atoms with van der Waals surface area (Å²) in [4.78, 5) is 49.5. The van der Waals surface area contributed by atoms with Crippen molar-refractivity contribution in [1.29, 1.82) is 0 Å². The molecule has 11 nitrogen and oxygen atoms in total. The van der Waals surface area contributed by atoms with Gasteiger partial charge in [0.1, 0.15) is 29.1 Å². The Morgan fingerprint density at radius 2 is 1.48 bits per heavy atom. The number of carbonyl (C=O) groups is 3. The van der Waals surface area contributed by atoms with E-state index in [0.717, 1.165) is 17.7 Å². The van der Waals surface area contributed by atoms with Gasteiger partial charge in [-0.3, -0.25) is 14.4 Å². The first-order valence-corrected chi connectivity index (χ1v) is 15.3. The van der Waals surface area contributed by atoms with E-state index in [1.54, 1.807) is 38.1 Å². The fourth-order valence-electron chi connectivity index (χ4n) is 4.20. The van der Waals surface area contributed by atoms with Gasteiger partial charge in [-0.05, 0) is 52.9 Å². The SMILES string of the molecule is CC(C)(CNC(=O)C(=O)Cc1cc(F)cc(F)c1)CNC(=O)c1ccc(Nc2cc(NCc3ccc(Cl)cc3)nc(OCC(F)(F)F)n2)nc1. The van der Waals surface area contributed by atoms with Crippen molar-refractivity contribution in [2.45, 2.75) is 33.0 Å². The number of aromatic nitrogens is 3. The number of carbonyl (C=O) groups excluding carboxylic acids is 3. The van der Waals surface area contributed by atoms with Crippen LogP contribution in [-0.4, -0.2) is 58.4 Å². The molecule has 0 aliphatic rings. The molecule has 2 aromatic carbocycles. The van der Waals surface area contributed by atoms with Crippen LogP contribution in [0.15, 0.2) is 66.9 Å². The number of benzene rings is 2. The summed E-state index contributed by atoms with van der Waals surface area (Å²) in [5, 5.41) is 11.6. The van der Waals surface area contributed by atoms with E-state index in [1.165, 1.54) is 24.4 Å². The van der Waals surface area contributed by atoms with Crippen molar-refractivity contribution in [3.05, 3.63) is 100 Å². The van der Waals surface area contributed by atoms with E-state index in [-0.39, 0.29) is 48.2 Å². The van der Waals surface area contributed by atoms with Gasteiger partial charge in [0, 0.05) is 49.4 Å². The van der Waals surface area contributed by atoms with E-state index in [9.17, 15) is 36.3 Å². The number of anilines is 3. The van der Waals surface area contributed by atoms with Crippen molar-refractivity contribution in [2.75, 3.05) is 30.3 Å². The zero-order chi connectivity index (χ0) is 36.5. The minimum Gasteiger partial charge on any atom is -0.454 e. The zero-order valence-corrected chi connectivity index (χ0v) is 27.4. The molecule has 264 valence electrons. The van der Waals surface area contributed by atoms with Crippen molar-refractivity contribution < 1.29 is 41.1 Å². The van der Waals surface area contributed by atoms with Crippen LogP contribution >= 0.6 is 11.6 Å². The Kier molecular flexibility index (Phi) is 12.2. The monoisotopic (exact) mass is 719 g/mol. The van der Waals surface area contributed by atoms with Gasteiger partial charge in [-0.1, -0.05) is 37.6 Å². The molecule has 0 radical (unpaired) electrons. The Hall–Kier alpha value is -5.38. The summed E-state index contributed by atoms with van der Waals surface area (Å²) < 4.78 is 69.9. The second-order valence-corrected chi connectivity index (χ2v) is 12.2. The van der Waals surface area contributed by atoms with Gasteiger partial charge in [0.15, 0.2) is 6.61 Å². The molecular weight excluding hydrogens is 689 g/mol. The summed E-state index contributed by atoms with van der Waals surface area (Å²) in [6.07, 6.45) is -3.83. The highest BCUT2D eigenvalue weighted by Gasteiger charge is 2.29. The van der Waals surface area contributed by atoms with E-state index in [1.807, 2.05) is 0 Å². The van der Waals surface area contributed by atoms with Crippen LogP contribution in [0.4, 0.5) is 39.4 Å². The summed E-state index contributed by atoms with van der Waals surface area (Å²) >= 11 is 5.91. The molecule has 4 N–H and O–H groups in total. The van der Waals surface area contributed by atoms with Gasteiger partial charge in [0.2, 0.25) is 5.78 Å². The maximum atomic E-state index is 13.4. The maximum Gasteiger partial charge on any atom is 0.422 e. The third kappa shape index (κ3) is 12.3. The number of amides is 2. The fourth-order valence-corrected chi connectivity index (χ4v) is 4.33. The number of ether oxygens (including phenoxy) is 1. The van der Waals surface area contributed by atoms with Gasteiger partial charge >= 0.3 is 12.2 Å². The Morgan fingerprint density at radius 1 is 0.820 bits per heavy atom. The standard InChI is InChI=1S/C33H31ClF5N7O4/c1-32(2,17-43-30(49)25(47)11-20-9-23(35)12-24(36)10-20)16-42-29(48)21-5-8-26(41-15-21)44-28-13-27(40-14-19-3-6-22(34)7-4-19)45-31(46-28)50-18-33(37,38)39/h3-10,12-13,15H,11,14,16-18H2,1-2H3,(H,42,48)(H,43,49)(H2,40,41,44,45,46). The summed E-state index contributed by atoms with van der Waals surface area (Å²) in [7, 11) is 0. The Morgan fingerprint density at radius 3 is 2.12 bits per heavy atom. The molecule has 0 bridgehead atoms. The summed E-state index contributed by atoms with van der Waals surface area (Å²) in [6, 6.07) is 13.3. The second kappa shape index (κ2) is 16.3. The Balaban J connectivity index is 1.31. The summed E-state index contributed by atoms with van der Waals surface area (Å²) in [5.41, 5.74) is 0.322. The molecule has 0 fully saturated rings. The van der Waals surface area contributed by atoms with Crippen molar-refractivity contribution in [3.8, 4) is 6.01 Å². The molecule has 0 saturated heterocycles. The number of Topliss-reactive ketones (excluding diaryl/α,β-unsaturated/α-hetero) is 1. The van der Waals surface area contributed by atoms with Gasteiger partial charge in [0.25, 0.3) is 11.8 Å². The van der Waals surface area contributed by atoms with Gasteiger partial charge in [-0.15, -0.1) is 0 Å². The van der Waals surface area contributed by atoms with Gasteiger partial charge < -0.3 is 26.0 Å². The number of hydrogen-bond donors (Lipinski definition) is 4. The lowest BCUT2D eigenvalue weighted by Crippen LogP contribution is -2.44. The average molecular weight is 720 g/mol. The third-order valence-corrected chi connectivity index (χ3v) is 6.99. The summed E-state index contributed by atoms with van der Waals surface area (Å²) in [5.74, 6) is -3.61. The fraction of sp³-hybridized carbons (Fsp3) is 0.273. The van der Waals surface area contributed by atoms with Crippen LogP contribution in [0.25, 0.3) is 0 Å². The molecule has 17 heteroatoms. The highest BCUT2D eigenvalue weighted by atomic mass is 35.5. The Bertz CT molecular complexity index is 1800. The van der Waals surface area contributed by atoms with Crippen molar-refractivity contribution in [1.82, 2.24) is 25.6 Å². The number of ketones is 1. The first-order chi connectivity index (χ1) is 23.5. The topological polar surface area (TPSA) is 147 Å². The molecule has 2 amide bonds. The van der Waals surface area contributed by atoms with Crippen molar-refractivity contribution in [2.24, 2.45) is 5.41 Å².